The quantitative estimate of drug-likeness (QED) is 0.357. The summed E-state index contributed by atoms with van der Waals surface area (Å²) >= 11 is 5.97. The molecule has 4 rings (SSSR count). The van der Waals surface area contributed by atoms with E-state index in [0.29, 0.717) is 27.9 Å². The van der Waals surface area contributed by atoms with E-state index < -0.39 is 16.0 Å². The Morgan fingerprint density at radius 3 is 2.62 bits per heavy atom. The maximum atomic E-state index is 13.0. The normalized spacial score (nSPS) is 11.3. The molecule has 8 nitrogen and oxygen atoms in total. The number of hydrogen-bond donors (Lipinski definition) is 0. The van der Waals surface area contributed by atoms with Gasteiger partial charge in [-0.25, -0.2) is 13.2 Å². The van der Waals surface area contributed by atoms with Gasteiger partial charge in [0.15, 0.2) is 5.76 Å². The van der Waals surface area contributed by atoms with Gasteiger partial charge < -0.3 is 13.7 Å². The molecule has 0 aliphatic heterocycles. The third-order valence-corrected chi connectivity index (χ3v) is 6.59. The van der Waals surface area contributed by atoms with Gasteiger partial charge in [0.25, 0.3) is 10.0 Å². The van der Waals surface area contributed by atoms with Gasteiger partial charge in [-0.3, -0.25) is 4.31 Å². The van der Waals surface area contributed by atoms with Gasteiger partial charge in [0.05, 0.1) is 22.4 Å². The number of carbonyl (C=O) groups is 1. The lowest BCUT2D eigenvalue weighted by molar-refractivity contribution is 0.0464. The summed E-state index contributed by atoms with van der Waals surface area (Å²) < 4.78 is 42.8. The summed E-state index contributed by atoms with van der Waals surface area (Å²) in [6.07, 6.45) is 1.50. The molecule has 0 saturated heterocycles. The van der Waals surface area contributed by atoms with Gasteiger partial charge in [0.1, 0.15) is 12.3 Å². The standard InChI is InChI=1S/C22H17ClN2O6S/c1-25(18-7-3-6-16(23)12-18)32(27,28)19-8-2-5-15(11-19)22(26)30-14-17-13-21(31-24-17)20-9-4-10-29-20/h2-13H,14H2,1H3. The average molecular weight is 473 g/mol. The third-order valence-electron chi connectivity index (χ3n) is 4.57. The molecule has 0 fully saturated rings. The van der Waals surface area contributed by atoms with Gasteiger partial charge in [-0.1, -0.05) is 28.9 Å². The van der Waals surface area contributed by atoms with Crippen molar-refractivity contribution >= 4 is 33.3 Å². The van der Waals surface area contributed by atoms with Gasteiger partial charge in [-0.05, 0) is 48.5 Å². The molecule has 0 unspecified atom stereocenters. The minimum atomic E-state index is -3.92. The Morgan fingerprint density at radius 2 is 1.88 bits per heavy atom. The Morgan fingerprint density at radius 1 is 1.06 bits per heavy atom. The number of carbonyl (C=O) groups excluding carboxylic acids is 1. The number of halogens is 1. The van der Waals surface area contributed by atoms with Crippen LogP contribution in [0.5, 0.6) is 0 Å². The lowest BCUT2D eigenvalue weighted by atomic mass is 10.2. The molecular weight excluding hydrogens is 456 g/mol. The van der Waals surface area contributed by atoms with E-state index in [0.717, 1.165) is 4.31 Å². The number of hydrogen-bond acceptors (Lipinski definition) is 7. The Hall–Kier alpha value is -3.56. The van der Waals surface area contributed by atoms with Crippen LogP contribution in [0.3, 0.4) is 0 Å². The Bertz CT molecular complexity index is 1350. The highest BCUT2D eigenvalue weighted by atomic mass is 35.5. The third kappa shape index (κ3) is 4.53. The Balaban J connectivity index is 1.48. The molecule has 0 atom stereocenters. The van der Waals surface area contributed by atoms with Crippen LogP contribution in [0.4, 0.5) is 5.69 Å². The number of nitrogens with zero attached hydrogens (tertiary/aromatic N) is 2. The highest BCUT2D eigenvalue weighted by Gasteiger charge is 2.23. The van der Waals surface area contributed by atoms with Crippen molar-refractivity contribution in [3.05, 3.63) is 89.3 Å². The van der Waals surface area contributed by atoms with Crippen LogP contribution in [0, 0.1) is 0 Å². The molecular formula is C22H17ClN2O6S. The van der Waals surface area contributed by atoms with E-state index in [1.807, 2.05) is 0 Å². The van der Waals surface area contributed by atoms with Crippen molar-refractivity contribution in [2.24, 2.45) is 0 Å². The van der Waals surface area contributed by atoms with Crippen molar-refractivity contribution in [1.29, 1.82) is 0 Å². The summed E-state index contributed by atoms with van der Waals surface area (Å²) in [4.78, 5) is 12.4. The SMILES string of the molecule is CN(c1cccc(Cl)c1)S(=O)(=O)c1cccc(C(=O)OCc2cc(-c3ccco3)on2)c1. The second-order valence-electron chi connectivity index (χ2n) is 6.72. The highest BCUT2D eigenvalue weighted by molar-refractivity contribution is 7.92. The summed E-state index contributed by atoms with van der Waals surface area (Å²) in [5.41, 5.74) is 0.860. The van der Waals surface area contributed by atoms with Crippen LogP contribution in [-0.4, -0.2) is 26.6 Å². The molecule has 0 aliphatic rings. The first-order valence-electron chi connectivity index (χ1n) is 9.36. The molecule has 0 N–H and O–H groups in total. The van der Waals surface area contributed by atoms with Crippen molar-refractivity contribution in [3.63, 3.8) is 0 Å². The molecule has 164 valence electrons. The molecule has 0 bridgehead atoms. The van der Waals surface area contributed by atoms with Gasteiger partial charge in [0, 0.05) is 18.1 Å². The number of benzene rings is 2. The predicted molar refractivity (Wildman–Crippen MR) is 117 cm³/mol. The zero-order chi connectivity index (χ0) is 22.7. The number of esters is 1. The summed E-state index contributed by atoms with van der Waals surface area (Å²) in [6, 6.07) is 17.1. The molecule has 2 aromatic carbocycles. The smallest absolute Gasteiger partial charge is 0.338 e. The van der Waals surface area contributed by atoms with Crippen LogP contribution in [0.25, 0.3) is 11.5 Å². The van der Waals surface area contributed by atoms with Crippen molar-refractivity contribution in [3.8, 4) is 11.5 Å². The predicted octanol–water partition coefficient (Wildman–Crippen LogP) is 4.77. The fraction of sp³-hybridized carbons (Fsp3) is 0.0909. The lowest BCUT2D eigenvalue weighted by Gasteiger charge is -2.20. The maximum absolute atomic E-state index is 13.0. The number of rotatable bonds is 7. The first-order chi connectivity index (χ1) is 15.3. The second-order valence-corrected chi connectivity index (χ2v) is 9.12. The monoisotopic (exact) mass is 472 g/mol. The van der Waals surface area contributed by atoms with Crippen LogP contribution < -0.4 is 4.31 Å². The number of aromatic nitrogens is 1. The van der Waals surface area contributed by atoms with E-state index in [9.17, 15) is 13.2 Å². The van der Waals surface area contributed by atoms with Gasteiger partial charge >= 0.3 is 5.97 Å². The molecule has 32 heavy (non-hydrogen) atoms. The number of sulfonamides is 1. The number of ether oxygens (including phenoxy) is 1. The summed E-state index contributed by atoms with van der Waals surface area (Å²) in [7, 11) is -2.51. The molecule has 2 aromatic heterocycles. The minimum Gasteiger partial charge on any atom is -0.461 e. The van der Waals surface area contributed by atoms with Gasteiger partial charge in [0.2, 0.25) is 5.76 Å². The number of furan rings is 1. The summed E-state index contributed by atoms with van der Waals surface area (Å²) in [5.74, 6) is 0.199. The van der Waals surface area contributed by atoms with E-state index >= 15 is 0 Å². The van der Waals surface area contributed by atoms with E-state index in [2.05, 4.69) is 5.16 Å². The van der Waals surface area contributed by atoms with Crippen molar-refractivity contribution < 1.29 is 26.9 Å². The Kier molecular flexibility index (Phi) is 6.02. The van der Waals surface area contributed by atoms with Crippen LogP contribution in [0.2, 0.25) is 5.02 Å². The minimum absolute atomic E-state index is 0.0593. The van der Waals surface area contributed by atoms with Crippen molar-refractivity contribution in [2.45, 2.75) is 11.5 Å². The molecule has 10 heteroatoms. The lowest BCUT2D eigenvalue weighted by Crippen LogP contribution is -2.26. The van der Waals surface area contributed by atoms with E-state index in [-0.39, 0.29) is 17.1 Å². The molecule has 0 amide bonds. The molecule has 0 spiro atoms. The molecule has 0 aliphatic carbocycles. The second kappa shape index (κ2) is 8.89. The fourth-order valence-electron chi connectivity index (χ4n) is 2.89. The van der Waals surface area contributed by atoms with Crippen molar-refractivity contribution in [2.75, 3.05) is 11.4 Å². The largest absolute Gasteiger partial charge is 0.461 e. The summed E-state index contributed by atoms with van der Waals surface area (Å²) in [5, 5.41) is 4.24. The first-order valence-corrected chi connectivity index (χ1v) is 11.2. The van der Waals surface area contributed by atoms with Crippen LogP contribution >= 0.6 is 11.6 Å². The van der Waals surface area contributed by atoms with E-state index in [1.165, 1.54) is 43.6 Å². The fourth-order valence-corrected chi connectivity index (χ4v) is 4.31. The average Bonchev–Trinajstić information content (AvgIpc) is 3.49. The van der Waals surface area contributed by atoms with Crippen molar-refractivity contribution in [1.82, 2.24) is 5.16 Å². The van der Waals surface area contributed by atoms with Gasteiger partial charge in [-0.15, -0.1) is 0 Å². The van der Waals surface area contributed by atoms with Crippen LogP contribution in [0.15, 0.2) is 86.8 Å². The van der Waals surface area contributed by atoms with E-state index in [1.54, 1.807) is 36.4 Å². The molecule has 2 heterocycles. The topological polar surface area (TPSA) is 103 Å². The summed E-state index contributed by atoms with van der Waals surface area (Å²) in [6.45, 7) is -0.150. The number of anilines is 1. The maximum Gasteiger partial charge on any atom is 0.338 e. The molecule has 0 radical (unpaired) electrons. The zero-order valence-corrected chi connectivity index (χ0v) is 18.3. The highest BCUT2D eigenvalue weighted by Crippen LogP contribution is 2.25. The van der Waals surface area contributed by atoms with E-state index in [4.69, 9.17) is 25.3 Å². The van der Waals surface area contributed by atoms with Gasteiger partial charge in [-0.2, -0.15) is 0 Å². The molecule has 4 aromatic rings. The van der Waals surface area contributed by atoms with Crippen LogP contribution in [-0.2, 0) is 21.4 Å². The van der Waals surface area contributed by atoms with Crippen LogP contribution in [0.1, 0.15) is 16.1 Å². The Labute approximate surface area is 189 Å². The first kappa shape index (κ1) is 21.7. The zero-order valence-electron chi connectivity index (χ0n) is 16.8. The molecule has 0 saturated carbocycles.